The third-order valence-electron chi connectivity index (χ3n) is 7.49. The number of nitrogens with zero attached hydrogens (tertiary/aromatic N) is 3. The molecule has 0 radical (unpaired) electrons. The van der Waals surface area contributed by atoms with Gasteiger partial charge >= 0.3 is 0 Å². The first-order chi connectivity index (χ1) is 14.8. The van der Waals surface area contributed by atoms with Crippen LogP contribution in [0.5, 0.6) is 5.75 Å². The Balaban J connectivity index is 1.17. The molecule has 0 aliphatic carbocycles. The molecule has 0 saturated carbocycles. The molecule has 3 aliphatic heterocycles. The fourth-order valence-corrected chi connectivity index (χ4v) is 5.56. The normalized spacial score (nSPS) is 22.3. The molecule has 2 fully saturated rings. The predicted molar refractivity (Wildman–Crippen MR) is 120 cm³/mol. The molecule has 1 aromatic carbocycles. The number of para-hydroxylation sites is 1. The van der Waals surface area contributed by atoms with Gasteiger partial charge in [0.2, 0.25) is 0 Å². The monoisotopic (exact) mass is 423 g/mol. The van der Waals surface area contributed by atoms with Crippen molar-refractivity contribution in [3.63, 3.8) is 0 Å². The van der Waals surface area contributed by atoms with Crippen LogP contribution < -0.4 is 10.5 Å². The summed E-state index contributed by atoms with van der Waals surface area (Å²) in [6, 6.07) is 6.59. The van der Waals surface area contributed by atoms with E-state index in [2.05, 4.69) is 47.1 Å². The number of fused-ring (bicyclic) bond motifs is 1. The van der Waals surface area contributed by atoms with Gasteiger partial charge in [-0.05, 0) is 63.6 Å². The van der Waals surface area contributed by atoms with Crippen molar-refractivity contribution in [1.82, 2.24) is 20.0 Å². The number of anilines is 1. The van der Waals surface area contributed by atoms with E-state index < -0.39 is 0 Å². The molecular formula is C24H33N5O2. The molecule has 0 unspecified atom stereocenters. The second-order valence-electron chi connectivity index (χ2n) is 10.2. The van der Waals surface area contributed by atoms with Crippen LogP contribution in [0.2, 0.25) is 0 Å². The van der Waals surface area contributed by atoms with E-state index >= 15 is 0 Å². The number of amides is 1. The van der Waals surface area contributed by atoms with Gasteiger partial charge in [-0.25, -0.2) is 0 Å². The molecule has 3 aliphatic rings. The zero-order valence-corrected chi connectivity index (χ0v) is 18.6. The Bertz CT molecular complexity index is 964. The van der Waals surface area contributed by atoms with E-state index in [1.807, 2.05) is 4.90 Å². The van der Waals surface area contributed by atoms with Crippen LogP contribution in [0.1, 0.15) is 61.0 Å². The average molecular weight is 424 g/mol. The van der Waals surface area contributed by atoms with E-state index in [9.17, 15) is 4.79 Å². The molecule has 0 bridgehead atoms. The van der Waals surface area contributed by atoms with Gasteiger partial charge in [0, 0.05) is 37.8 Å². The minimum Gasteiger partial charge on any atom is -0.487 e. The number of aromatic amines is 1. The highest BCUT2D eigenvalue weighted by Gasteiger charge is 2.39. The number of carbonyl (C=O) groups excluding carboxylic acids is 1. The highest BCUT2D eigenvalue weighted by Crippen LogP contribution is 2.43. The molecule has 5 rings (SSSR count). The third kappa shape index (κ3) is 3.91. The third-order valence-corrected chi connectivity index (χ3v) is 7.49. The quantitative estimate of drug-likeness (QED) is 0.791. The fourth-order valence-electron chi connectivity index (χ4n) is 5.56. The lowest BCUT2D eigenvalue weighted by Gasteiger charge is -2.47. The van der Waals surface area contributed by atoms with Crippen molar-refractivity contribution in [3.05, 3.63) is 41.1 Å². The second-order valence-corrected chi connectivity index (χ2v) is 10.2. The highest BCUT2D eigenvalue weighted by molar-refractivity contribution is 5.98. The predicted octanol–water partition coefficient (Wildman–Crippen LogP) is 3.22. The van der Waals surface area contributed by atoms with Crippen LogP contribution in [0.3, 0.4) is 0 Å². The Hall–Kier alpha value is -2.54. The Kier molecular flexibility index (Phi) is 4.96. The van der Waals surface area contributed by atoms with Crippen molar-refractivity contribution in [3.8, 4) is 5.75 Å². The van der Waals surface area contributed by atoms with Gasteiger partial charge in [0.25, 0.3) is 5.91 Å². The smallest absolute Gasteiger partial charge is 0.259 e. The van der Waals surface area contributed by atoms with Crippen LogP contribution >= 0.6 is 0 Å². The van der Waals surface area contributed by atoms with Crippen molar-refractivity contribution < 1.29 is 9.53 Å². The summed E-state index contributed by atoms with van der Waals surface area (Å²) in [7, 11) is 0. The molecule has 2 saturated heterocycles. The minimum atomic E-state index is -0.100. The zero-order valence-electron chi connectivity index (χ0n) is 18.6. The summed E-state index contributed by atoms with van der Waals surface area (Å²) in [5.74, 6) is 1.40. The average Bonchev–Trinajstić information content (AvgIpc) is 3.32. The molecule has 1 amide bonds. The number of hydrogen-bond acceptors (Lipinski definition) is 5. The SMILES string of the molecule is CC1(C)Cc2cccc(CN3CCC4(CC3)CCN(C(=O)c3c[nH]nc3N)CC4)c2O1. The van der Waals surface area contributed by atoms with Crippen LogP contribution in [0.4, 0.5) is 5.82 Å². The van der Waals surface area contributed by atoms with Crippen molar-refractivity contribution in [2.75, 3.05) is 31.9 Å². The van der Waals surface area contributed by atoms with Crippen LogP contribution in [-0.4, -0.2) is 57.7 Å². The summed E-state index contributed by atoms with van der Waals surface area (Å²) >= 11 is 0. The zero-order chi connectivity index (χ0) is 21.6. The summed E-state index contributed by atoms with van der Waals surface area (Å²) in [5.41, 5.74) is 9.22. The summed E-state index contributed by atoms with van der Waals surface area (Å²) in [6.45, 7) is 9.11. The van der Waals surface area contributed by atoms with Gasteiger partial charge in [0.1, 0.15) is 16.9 Å². The number of nitrogens with one attached hydrogen (secondary N) is 1. The molecule has 1 aromatic heterocycles. The number of likely N-dealkylation sites (tertiary alicyclic amines) is 2. The first-order valence-electron chi connectivity index (χ1n) is 11.4. The Morgan fingerprint density at radius 1 is 1.16 bits per heavy atom. The molecular weight excluding hydrogens is 390 g/mol. The van der Waals surface area contributed by atoms with Gasteiger partial charge in [-0.3, -0.25) is 14.8 Å². The number of aromatic nitrogens is 2. The van der Waals surface area contributed by atoms with Crippen molar-refractivity contribution >= 4 is 11.7 Å². The van der Waals surface area contributed by atoms with E-state index in [-0.39, 0.29) is 11.5 Å². The van der Waals surface area contributed by atoms with Crippen LogP contribution in [0, 0.1) is 5.41 Å². The Morgan fingerprint density at radius 3 is 2.55 bits per heavy atom. The highest BCUT2D eigenvalue weighted by atomic mass is 16.5. The van der Waals surface area contributed by atoms with Gasteiger partial charge < -0.3 is 15.4 Å². The van der Waals surface area contributed by atoms with Gasteiger partial charge in [-0.1, -0.05) is 18.2 Å². The first-order valence-corrected chi connectivity index (χ1v) is 11.4. The second kappa shape index (κ2) is 7.55. The first kappa shape index (κ1) is 20.4. The molecule has 1 spiro atoms. The lowest BCUT2D eigenvalue weighted by atomic mass is 9.71. The summed E-state index contributed by atoms with van der Waals surface area (Å²) in [4.78, 5) is 17.2. The number of carbonyl (C=O) groups is 1. The Morgan fingerprint density at radius 2 is 1.87 bits per heavy atom. The Labute approximate surface area is 183 Å². The summed E-state index contributed by atoms with van der Waals surface area (Å²) in [6.07, 6.45) is 7.13. The van der Waals surface area contributed by atoms with Crippen LogP contribution in [0.25, 0.3) is 0 Å². The van der Waals surface area contributed by atoms with Crippen LogP contribution in [0.15, 0.2) is 24.4 Å². The summed E-state index contributed by atoms with van der Waals surface area (Å²) in [5, 5.41) is 6.56. The van der Waals surface area contributed by atoms with Gasteiger partial charge in [0.15, 0.2) is 5.82 Å². The lowest BCUT2D eigenvalue weighted by Crippen LogP contribution is -2.48. The number of rotatable bonds is 3. The standard InChI is InChI=1S/C24H33N5O2/c1-23(2)14-17-4-3-5-18(20(17)31-23)16-28-10-6-24(7-11-28)8-12-29(13-9-24)22(30)19-15-26-27-21(19)25/h3-5,15H,6-14,16H2,1-2H3,(H3,25,26,27). The number of benzene rings is 1. The summed E-state index contributed by atoms with van der Waals surface area (Å²) < 4.78 is 6.27. The lowest BCUT2D eigenvalue weighted by molar-refractivity contribution is 0.0283. The van der Waals surface area contributed by atoms with E-state index in [0.29, 0.717) is 16.8 Å². The minimum absolute atomic E-state index is 0.000562. The van der Waals surface area contributed by atoms with E-state index in [0.717, 1.165) is 57.7 Å². The molecule has 2 aromatic rings. The number of hydrogen-bond donors (Lipinski definition) is 2. The van der Waals surface area contributed by atoms with E-state index in [4.69, 9.17) is 10.5 Å². The molecule has 4 heterocycles. The number of H-pyrrole nitrogens is 1. The van der Waals surface area contributed by atoms with E-state index in [1.54, 1.807) is 6.20 Å². The van der Waals surface area contributed by atoms with Crippen molar-refractivity contribution in [2.24, 2.45) is 5.41 Å². The van der Waals surface area contributed by atoms with Gasteiger partial charge in [-0.15, -0.1) is 0 Å². The largest absolute Gasteiger partial charge is 0.487 e. The van der Waals surface area contributed by atoms with E-state index in [1.165, 1.54) is 24.0 Å². The van der Waals surface area contributed by atoms with Crippen LogP contribution in [-0.2, 0) is 13.0 Å². The van der Waals surface area contributed by atoms with Crippen molar-refractivity contribution in [2.45, 2.75) is 58.1 Å². The van der Waals surface area contributed by atoms with Gasteiger partial charge in [-0.2, -0.15) is 5.10 Å². The molecule has 3 N–H and O–H groups in total. The number of ether oxygens (including phenoxy) is 1. The maximum Gasteiger partial charge on any atom is 0.259 e. The number of nitrogen functional groups attached to an aromatic ring is 1. The molecule has 0 atom stereocenters. The number of nitrogens with two attached hydrogens (primary N) is 1. The molecule has 31 heavy (non-hydrogen) atoms. The van der Waals surface area contributed by atoms with Gasteiger partial charge in [0.05, 0.1) is 0 Å². The topological polar surface area (TPSA) is 87.5 Å². The fraction of sp³-hybridized carbons (Fsp3) is 0.583. The van der Waals surface area contributed by atoms with Crippen molar-refractivity contribution in [1.29, 1.82) is 0 Å². The molecule has 7 heteroatoms. The number of piperidine rings is 2. The molecule has 166 valence electrons. The maximum absolute atomic E-state index is 12.7. The molecule has 7 nitrogen and oxygen atoms in total. The maximum atomic E-state index is 12.7.